The Labute approximate surface area is 239 Å². The molecule has 1 aromatic carbocycles. The van der Waals surface area contributed by atoms with Crippen molar-refractivity contribution in [1.82, 2.24) is 5.01 Å². The van der Waals surface area contributed by atoms with Crippen molar-refractivity contribution in [2.75, 3.05) is 12.4 Å². The molecule has 0 aromatic heterocycles. The van der Waals surface area contributed by atoms with Gasteiger partial charge in [0.15, 0.2) is 0 Å². The molecular weight excluding hydrogens is 534 g/mol. The van der Waals surface area contributed by atoms with E-state index in [1.54, 1.807) is 32.0 Å². The maximum atomic E-state index is 15.0. The van der Waals surface area contributed by atoms with E-state index in [0.29, 0.717) is 16.7 Å². The molecule has 0 aliphatic rings. The van der Waals surface area contributed by atoms with Crippen LogP contribution >= 0.6 is 12.6 Å². The maximum Gasteiger partial charge on any atom is 0.267 e. The normalized spacial score (nSPS) is 14.3. The van der Waals surface area contributed by atoms with Crippen LogP contribution in [0.15, 0.2) is 80.7 Å². The number of rotatable bonds is 11. The van der Waals surface area contributed by atoms with Gasteiger partial charge < -0.3 is 16.8 Å². The molecule has 0 spiro atoms. The van der Waals surface area contributed by atoms with E-state index in [1.807, 2.05) is 19.9 Å². The minimum Gasteiger partial charge on any atom is -0.398 e. The van der Waals surface area contributed by atoms with Gasteiger partial charge in [0.1, 0.15) is 23.7 Å². The number of nitrogens with zero attached hydrogens (tertiary/aromatic N) is 3. The SMILES string of the molecule is C/C=C(/C)N(C)/N=C/N=C(C=C(N)c1cc(C)c(F)c(NC(=O)/C=C/C(C)=C/C=C\C(F)=C(/C)S)c1C)C(N)=O. The van der Waals surface area contributed by atoms with Gasteiger partial charge >= 0.3 is 0 Å². The largest absolute Gasteiger partial charge is 0.398 e. The summed E-state index contributed by atoms with van der Waals surface area (Å²) in [7, 11) is 1.71. The Morgan fingerprint density at radius 1 is 1.12 bits per heavy atom. The van der Waals surface area contributed by atoms with Crippen LogP contribution in [-0.4, -0.2) is 35.9 Å². The van der Waals surface area contributed by atoms with Crippen molar-refractivity contribution in [2.24, 2.45) is 21.6 Å². The zero-order valence-electron chi connectivity index (χ0n) is 23.7. The van der Waals surface area contributed by atoms with Crippen molar-refractivity contribution < 1.29 is 18.4 Å². The van der Waals surface area contributed by atoms with Gasteiger partial charge in [-0.15, -0.1) is 12.6 Å². The summed E-state index contributed by atoms with van der Waals surface area (Å²) < 4.78 is 28.5. The second-order valence-corrected chi connectivity index (χ2v) is 9.41. The van der Waals surface area contributed by atoms with Gasteiger partial charge in [-0.05, 0) is 70.9 Å². The number of nitrogens with one attached hydrogen (secondary N) is 1. The summed E-state index contributed by atoms with van der Waals surface area (Å²) in [5.74, 6) is -2.54. The molecule has 0 atom stereocenters. The number of hydrazone groups is 1. The van der Waals surface area contributed by atoms with Crippen LogP contribution in [0.2, 0.25) is 0 Å². The number of carbonyl (C=O) groups excluding carboxylic acids is 2. The monoisotopic (exact) mass is 570 g/mol. The van der Waals surface area contributed by atoms with Crippen LogP contribution < -0.4 is 16.8 Å². The third kappa shape index (κ3) is 10.5. The van der Waals surface area contributed by atoms with Crippen LogP contribution in [0.5, 0.6) is 0 Å². The third-order valence-corrected chi connectivity index (χ3v) is 5.82. The number of benzene rings is 1. The zero-order valence-corrected chi connectivity index (χ0v) is 24.6. The topological polar surface area (TPSA) is 126 Å². The van der Waals surface area contributed by atoms with Crippen LogP contribution in [0.4, 0.5) is 14.5 Å². The number of primary amides is 1. The first-order valence-corrected chi connectivity index (χ1v) is 12.6. The number of anilines is 1. The van der Waals surface area contributed by atoms with E-state index in [2.05, 4.69) is 28.0 Å². The minimum atomic E-state index is -0.840. The molecule has 2 amide bonds. The molecule has 0 aliphatic carbocycles. The minimum absolute atomic E-state index is 0.0680. The Morgan fingerprint density at radius 2 is 1.77 bits per heavy atom. The second-order valence-electron chi connectivity index (χ2n) is 8.74. The molecule has 5 N–H and O–H groups in total. The van der Waals surface area contributed by atoms with Crippen LogP contribution in [-0.2, 0) is 9.59 Å². The summed E-state index contributed by atoms with van der Waals surface area (Å²) in [5.41, 5.74) is 14.0. The lowest BCUT2D eigenvalue weighted by Crippen LogP contribution is -2.23. The van der Waals surface area contributed by atoms with Gasteiger partial charge in [0.2, 0.25) is 5.91 Å². The van der Waals surface area contributed by atoms with E-state index < -0.39 is 23.5 Å². The summed E-state index contributed by atoms with van der Waals surface area (Å²) in [5, 5.41) is 8.18. The highest BCUT2D eigenvalue weighted by molar-refractivity contribution is 7.84. The van der Waals surface area contributed by atoms with Crippen molar-refractivity contribution in [3.63, 3.8) is 0 Å². The number of nitrogens with two attached hydrogens (primary N) is 2. The molecule has 0 saturated carbocycles. The third-order valence-electron chi connectivity index (χ3n) is 5.60. The molecule has 0 bridgehead atoms. The standard InChI is InChI=1S/C29H36F2N6O2S/c1-8-19(4)37(7)35-16-34-25(29(33)39)15-24(32)22-14-18(3)27(31)28(20(22)5)36-26(38)13-12-17(2)10-9-11-23(30)21(6)40/h8-16,40H,32H2,1-7H3,(H2,33,39)(H,36,38)/b11-9-,13-12+,17-10+,19-8-,23-21-,24-15?,34-25?,35-16+. The number of aliphatic imine (C=N–C) groups is 1. The van der Waals surface area contributed by atoms with Gasteiger partial charge in [0.05, 0.1) is 5.69 Å². The van der Waals surface area contributed by atoms with Crippen LogP contribution in [0.1, 0.15) is 44.4 Å². The fraction of sp³-hybridized carbons (Fsp3) is 0.241. The van der Waals surface area contributed by atoms with Crippen molar-refractivity contribution in [2.45, 2.75) is 41.5 Å². The highest BCUT2D eigenvalue weighted by Gasteiger charge is 2.17. The van der Waals surface area contributed by atoms with Gasteiger partial charge in [-0.1, -0.05) is 29.9 Å². The van der Waals surface area contributed by atoms with Crippen LogP contribution in [0, 0.1) is 19.7 Å². The second kappa shape index (κ2) is 16.0. The van der Waals surface area contributed by atoms with Gasteiger partial charge in [0.25, 0.3) is 5.91 Å². The van der Waals surface area contributed by atoms with Crippen molar-refractivity contribution >= 4 is 47.9 Å². The average Bonchev–Trinajstić information content (AvgIpc) is 2.90. The van der Waals surface area contributed by atoms with Gasteiger partial charge in [-0.2, -0.15) is 5.10 Å². The molecule has 11 heteroatoms. The summed E-state index contributed by atoms with van der Waals surface area (Å²) in [4.78, 5) is 28.8. The highest BCUT2D eigenvalue weighted by atomic mass is 32.1. The van der Waals surface area contributed by atoms with E-state index in [9.17, 15) is 14.0 Å². The van der Waals surface area contributed by atoms with E-state index in [0.717, 1.165) is 5.70 Å². The Hall–Kier alpha value is -4.25. The Morgan fingerprint density at radius 3 is 2.35 bits per heavy atom. The predicted molar refractivity (Wildman–Crippen MR) is 164 cm³/mol. The molecular formula is C29H36F2N6O2S. The number of thiol groups is 1. The number of amides is 2. The molecule has 40 heavy (non-hydrogen) atoms. The highest BCUT2D eigenvalue weighted by Crippen LogP contribution is 2.29. The Kier molecular flexibility index (Phi) is 13.5. The number of halogens is 2. The molecule has 1 aromatic rings. The predicted octanol–water partition coefficient (Wildman–Crippen LogP) is 5.60. The summed E-state index contributed by atoms with van der Waals surface area (Å²) in [6.07, 6.45) is 11.3. The van der Waals surface area contributed by atoms with Gasteiger partial charge in [0, 0.05) is 35.0 Å². The average molecular weight is 571 g/mol. The maximum absolute atomic E-state index is 15.0. The summed E-state index contributed by atoms with van der Waals surface area (Å²) in [6, 6.07) is 1.50. The molecule has 0 heterocycles. The number of aryl methyl sites for hydroxylation is 1. The molecule has 0 aliphatic heterocycles. The Balaban J connectivity index is 3.29. The molecule has 0 saturated heterocycles. The number of hydrogen-bond donors (Lipinski definition) is 4. The lowest BCUT2D eigenvalue weighted by atomic mass is 9.99. The number of hydrogen-bond acceptors (Lipinski definition) is 6. The fourth-order valence-electron chi connectivity index (χ4n) is 3.01. The lowest BCUT2D eigenvalue weighted by molar-refractivity contribution is -0.112. The van der Waals surface area contributed by atoms with Gasteiger partial charge in [-0.3, -0.25) is 14.6 Å². The molecule has 0 fully saturated rings. The van der Waals surface area contributed by atoms with Crippen molar-refractivity contribution in [1.29, 1.82) is 0 Å². The van der Waals surface area contributed by atoms with Crippen LogP contribution in [0.3, 0.4) is 0 Å². The smallest absolute Gasteiger partial charge is 0.267 e. The molecule has 0 unspecified atom stereocenters. The van der Waals surface area contributed by atoms with Crippen molar-refractivity contribution in [3.05, 3.63) is 93.1 Å². The molecule has 0 radical (unpaired) electrons. The van der Waals surface area contributed by atoms with Crippen molar-refractivity contribution in [3.8, 4) is 0 Å². The quantitative estimate of drug-likeness (QED) is 0.0690. The first-order chi connectivity index (χ1) is 18.7. The summed E-state index contributed by atoms with van der Waals surface area (Å²) >= 11 is 3.92. The van der Waals surface area contributed by atoms with E-state index >= 15 is 4.39 Å². The first-order valence-electron chi connectivity index (χ1n) is 12.1. The van der Waals surface area contributed by atoms with E-state index in [1.165, 1.54) is 56.6 Å². The summed E-state index contributed by atoms with van der Waals surface area (Å²) in [6.45, 7) is 10.0. The molecule has 8 nitrogen and oxygen atoms in total. The van der Waals surface area contributed by atoms with E-state index in [-0.39, 0.29) is 27.6 Å². The first kappa shape index (κ1) is 33.8. The Bertz CT molecular complexity index is 1380. The fourth-order valence-corrected chi connectivity index (χ4v) is 3.08. The van der Waals surface area contributed by atoms with Crippen LogP contribution in [0.25, 0.3) is 5.70 Å². The zero-order chi connectivity index (χ0) is 30.6. The van der Waals surface area contributed by atoms with Gasteiger partial charge in [-0.25, -0.2) is 13.8 Å². The molecule has 1 rings (SSSR count). The number of carbonyl (C=O) groups is 2. The molecule has 214 valence electrons. The number of allylic oxidation sites excluding steroid dienone is 9. The van der Waals surface area contributed by atoms with E-state index in [4.69, 9.17) is 11.5 Å². The lowest BCUT2D eigenvalue weighted by Gasteiger charge is -2.15.